The van der Waals surface area contributed by atoms with E-state index >= 15 is 0 Å². The molecule has 0 unspecified atom stereocenters. The molecule has 4 N–H and O–H groups in total. The maximum atomic E-state index is 12.4. The summed E-state index contributed by atoms with van der Waals surface area (Å²) in [5.74, 6) is -2.93. The Morgan fingerprint density at radius 3 is 1.71 bits per heavy atom. The second kappa shape index (κ2) is 13.7. The lowest BCUT2D eigenvalue weighted by Gasteiger charge is -2.42. The number of hydrogen-bond donors (Lipinski definition) is 3. The molecule has 0 spiro atoms. The summed E-state index contributed by atoms with van der Waals surface area (Å²) in [7, 11) is 3.01. The van der Waals surface area contributed by atoms with Gasteiger partial charge in [-0.1, -0.05) is 58.3 Å². The summed E-state index contributed by atoms with van der Waals surface area (Å²) < 4.78 is -0.409. The molecule has 164 valence electrons. The number of likely N-dealkylation sites (N-methyl/N-ethyl adjacent to an activating group) is 1. The van der Waals surface area contributed by atoms with E-state index in [0.717, 1.165) is 19.3 Å². The normalized spacial score (nSPS) is 12.1. The molecule has 0 heterocycles. The van der Waals surface area contributed by atoms with E-state index in [1.165, 1.54) is 52.6 Å². The molecule has 7 heteroatoms. The van der Waals surface area contributed by atoms with Crippen LogP contribution in [0.1, 0.15) is 84.0 Å². The molecule has 0 aromatic heterocycles. The Kier molecular flexibility index (Phi) is 12.9. The van der Waals surface area contributed by atoms with Crippen LogP contribution in [-0.4, -0.2) is 65.1 Å². The van der Waals surface area contributed by atoms with Gasteiger partial charge in [0.15, 0.2) is 5.78 Å². The largest absolute Gasteiger partial charge is 0.476 e. The van der Waals surface area contributed by atoms with Crippen molar-refractivity contribution >= 4 is 17.7 Å². The molecule has 0 bridgehead atoms. The molecule has 28 heavy (non-hydrogen) atoms. The predicted molar refractivity (Wildman–Crippen MR) is 110 cm³/mol. The molecule has 7 nitrogen and oxygen atoms in total. The van der Waals surface area contributed by atoms with E-state index in [2.05, 4.69) is 6.92 Å². The number of unbranched alkanes of at least 4 members (excludes halogenated alkanes) is 8. The fourth-order valence-corrected chi connectivity index (χ4v) is 3.77. The van der Waals surface area contributed by atoms with Crippen LogP contribution >= 0.6 is 0 Å². The molecule has 0 fully saturated rings. The second-order valence-electron chi connectivity index (χ2n) is 8.32. The summed E-state index contributed by atoms with van der Waals surface area (Å²) in [6.07, 6.45) is 10.9. The van der Waals surface area contributed by atoms with Crippen LogP contribution < -0.4 is 5.73 Å². The number of nitrogens with two attached hydrogens (primary N) is 1. The van der Waals surface area contributed by atoms with Gasteiger partial charge in [0.05, 0.1) is 14.1 Å². The number of nitrogens with zero attached hydrogens (tertiary/aromatic N) is 1. The monoisotopic (exact) mass is 401 g/mol. The molecule has 0 aliphatic rings. The van der Waals surface area contributed by atoms with Gasteiger partial charge in [0, 0.05) is 12.8 Å². The number of aliphatic carboxylic acids is 2. The van der Waals surface area contributed by atoms with E-state index in [-0.39, 0.29) is 31.7 Å². The minimum absolute atomic E-state index is 0.0902. The summed E-state index contributed by atoms with van der Waals surface area (Å²) in [4.78, 5) is 36.2. The van der Waals surface area contributed by atoms with Gasteiger partial charge in [-0.25, -0.2) is 9.59 Å². The van der Waals surface area contributed by atoms with Crippen LogP contribution in [0.4, 0.5) is 0 Å². The van der Waals surface area contributed by atoms with Crippen molar-refractivity contribution in [2.45, 2.75) is 89.5 Å². The highest BCUT2D eigenvalue weighted by molar-refractivity contribution is 6.02. The van der Waals surface area contributed by atoms with Crippen molar-refractivity contribution < 1.29 is 29.1 Å². The van der Waals surface area contributed by atoms with Crippen LogP contribution in [0.2, 0.25) is 0 Å². The van der Waals surface area contributed by atoms with Gasteiger partial charge in [0.25, 0.3) is 5.54 Å². The number of carbonyl (C=O) groups excluding carboxylic acids is 1. The van der Waals surface area contributed by atoms with E-state index in [4.69, 9.17) is 5.73 Å². The summed E-state index contributed by atoms with van der Waals surface area (Å²) in [6.45, 7) is 2.29. The highest BCUT2D eigenvalue weighted by Gasteiger charge is 2.59. The topological polar surface area (TPSA) is 118 Å². The molecule has 0 rings (SSSR count). The van der Waals surface area contributed by atoms with Crippen LogP contribution in [0.25, 0.3) is 0 Å². The van der Waals surface area contributed by atoms with Crippen LogP contribution in [0.5, 0.6) is 0 Å². The molecule has 0 aromatic carbocycles. The summed E-state index contributed by atoms with van der Waals surface area (Å²) in [5, 5.41) is 19.3. The highest BCUT2D eigenvalue weighted by atomic mass is 16.4. The fraction of sp³-hybridized carbons (Fsp3) is 0.857. The number of Topliss-reactive ketones (excluding diaryl/α,β-unsaturated/α-hetero) is 1. The van der Waals surface area contributed by atoms with Crippen LogP contribution in [0.3, 0.4) is 0 Å². The number of hydrogen-bond acceptors (Lipinski definition) is 4. The quantitative estimate of drug-likeness (QED) is 0.184. The van der Waals surface area contributed by atoms with E-state index < -0.39 is 22.0 Å². The SMILES string of the molecule is CCCCCCCCCCCC(=O)C[N+](C)(C)C(CCCN)(C(=O)O)C(=O)O. The Morgan fingerprint density at radius 1 is 0.821 bits per heavy atom. The van der Waals surface area contributed by atoms with Gasteiger partial charge in [-0.2, -0.15) is 0 Å². The number of carboxylic acid groups (broad SMARTS) is 2. The number of rotatable bonds is 18. The van der Waals surface area contributed by atoms with Crippen molar-refractivity contribution in [3.8, 4) is 0 Å². The van der Waals surface area contributed by atoms with E-state index in [1.54, 1.807) is 0 Å². The zero-order chi connectivity index (χ0) is 21.6. The number of carbonyl (C=O) groups is 3. The smallest absolute Gasteiger partial charge is 0.377 e. The molecular weight excluding hydrogens is 360 g/mol. The molecule has 0 amide bonds. The maximum Gasteiger partial charge on any atom is 0.377 e. The third kappa shape index (κ3) is 8.27. The minimum atomic E-state index is -2.06. The molecule has 0 aliphatic heterocycles. The van der Waals surface area contributed by atoms with Gasteiger partial charge in [-0.3, -0.25) is 9.28 Å². The van der Waals surface area contributed by atoms with Crippen molar-refractivity contribution in [1.82, 2.24) is 0 Å². The van der Waals surface area contributed by atoms with E-state index in [1.807, 2.05) is 0 Å². The van der Waals surface area contributed by atoms with Crippen molar-refractivity contribution in [3.63, 3.8) is 0 Å². The van der Waals surface area contributed by atoms with Gasteiger partial charge < -0.3 is 15.9 Å². The number of ketones is 1. The molecule has 0 radical (unpaired) electrons. The zero-order valence-corrected chi connectivity index (χ0v) is 18.0. The third-order valence-electron chi connectivity index (χ3n) is 5.61. The van der Waals surface area contributed by atoms with E-state index in [9.17, 15) is 24.6 Å². The Labute approximate surface area is 169 Å². The van der Waals surface area contributed by atoms with Crippen LogP contribution in [0.15, 0.2) is 0 Å². The molecule has 0 atom stereocenters. The predicted octanol–water partition coefficient (Wildman–Crippen LogP) is 3.20. The standard InChI is InChI=1S/C21H40N2O5/c1-4-5-6-7-8-9-10-11-12-14-18(24)17-23(2,3)21(19(25)26,20(27)28)15-13-16-22/h4-17,22H2,1-3H3,(H-,25,26,27,28)/p+1. The lowest BCUT2D eigenvalue weighted by Crippen LogP contribution is -2.69. The fourth-order valence-electron chi connectivity index (χ4n) is 3.77. The third-order valence-corrected chi connectivity index (χ3v) is 5.61. The first-order valence-corrected chi connectivity index (χ1v) is 10.7. The summed E-state index contributed by atoms with van der Waals surface area (Å²) in [6, 6.07) is 0. The molecular formula is C21H41N2O5+. The van der Waals surface area contributed by atoms with Crippen molar-refractivity contribution in [3.05, 3.63) is 0 Å². The first-order valence-electron chi connectivity index (χ1n) is 10.7. The number of quaternary nitrogens is 1. The zero-order valence-electron chi connectivity index (χ0n) is 18.0. The van der Waals surface area contributed by atoms with Gasteiger partial charge in [0.1, 0.15) is 6.54 Å². The number of carboxylic acids is 2. The van der Waals surface area contributed by atoms with Crippen molar-refractivity contribution in [2.75, 3.05) is 27.2 Å². The Hall–Kier alpha value is -1.47. The Balaban J connectivity index is 4.53. The van der Waals surface area contributed by atoms with Crippen molar-refractivity contribution in [2.24, 2.45) is 5.73 Å². The molecule has 0 saturated carbocycles. The molecule has 0 aliphatic carbocycles. The van der Waals surface area contributed by atoms with Crippen LogP contribution in [0, 0.1) is 0 Å². The summed E-state index contributed by atoms with van der Waals surface area (Å²) >= 11 is 0. The average molecular weight is 402 g/mol. The lowest BCUT2D eigenvalue weighted by molar-refractivity contribution is -0.916. The van der Waals surface area contributed by atoms with Gasteiger partial charge >= 0.3 is 11.9 Å². The van der Waals surface area contributed by atoms with Crippen molar-refractivity contribution in [1.29, 1.82) is 0 Å². The van der Waals surface area contributed by atoms with Gasteiger partial charge in [-0.15, -0.1) is 0 Å². The maximum absolute atomic E-state index is 12.4. The lowest BCUT2D eigenvalue weighted by atomic mass is 9.88. The van der Waals surface area contributed by atoms with E-state index in [0.29, 0.717) is 6.42 Å². The Bertz CT molecular complexity index is 477. The summed E-state index contributed by atoms with van der Waals surface area (Å²) in [5.41, 5.74) is 3.40. The minimum Gasteiger partial charge on any atom is -0.476 e. The van der Waals surface area contributed by atoms with Crippen LogP contribution in [-0.2, 0) is 14.4 Å². The second-order valence-corrected chi connectivity index (χ2v) is 8.32. The first kappa shape index (κ1) is 26.5. The average Bonchev–Trinajstić information content (AvgIpc) is 2.59. The van der Waals surface area contributed by atoms with Gasteiger partial charge in [0.2, 0.25) is 0 Å². The Morgan fingerprint density at radius 2 is 1.29 bits per heavy atom. The molecule has 0 saturated heterocycles. The first-order chi connectivity index (χ1) is 13.2. The van der Waals surface area contributed by atoms with Gasteiger partial charge in [-0.05, 0) is 19.4 Å². The highest BCUT2D eigenvalue weighted by Crippen LogP contribution is 2.28. The molecule has 0 aromatic rings.